The van der Waals surface area contributed by atoms with Crippen molar-refractivity contribution in [3.63, 3.8) is 0 Å². The van der Waals surface area contributed by atoms with Crippen molar-refractivity contribution >= 4 is 18.0 Å². The van der Waals surface area contributed by atoms with Crippen LogP contribution in [0.15, 0.2) is 82.8 Å². The lowest BCUT2D eigenvalue weighted by molar-refractivity contribution is 0.112. The first-order valence-electron chi connectivity index (χ1n) is 6.59. The molecule has 102 valence electrons. The summed E-state index contributed by atoms with van der Waals surface area (Å²) in [5.41, 5.74) is 2.89. The smallest absolute Gasteiger partial charge is 0.150 e. The highest BCUT2D eigenvalue weighted by Crippen LogP contribution is 2.35. The topological polar surface area (TPSA) is 30.0 Å². The third-order valence-electron chi connectivity index (χ3n) is 3.11. The molecular formula is C18H13NOS. The summed E-state index contributed by atoms with van der Waals surface area (Å²) in [5.74, 6) is 0. The van der Waals surface area contributed by atoms with Crippen molar-refractivity contribution in [2.45, 2.75) is 9.79 Å². The maximum atomic E-state index is 10.7. The number of hydrogen-bond donors (Lipinski definition) is 0. The van der Waals surface area contributed by atoms with Crippen LogP contribution in [0.2, 0.25) is 0 Å². The summed E-state index contributed by atoms with van der Waals surface area (Å²) in [6.45, 7) is 0. The van der Waals surface area contributed by atoms with Crippen LogP contribution in [0.1, 0.15) is 10.4 Å². The monoisotopic (exact) mass is 291 g/mol. The van der Waals surface area contributed by atoms with Gasteiger partial charge in [-0.2, -0.15) is 0 Å². The first-order valence-corrected chi connectivity index (χ1v) is 7.41. The SMILES string of the molecule is O=Cc1ccc(-c2ccncc2Sc2ccccc2)cc1. The average Bonchev–Trinajstić information content (AvgIpc) is 2.56. The van der Waals surface area contributed by atoms with Crippen LogP contribution in [0.3, 0.4) is 0 Å². The molecule has 0 aliphatic rings. The number of rotatable bonds is 4. The molecule has 2 nitrogen and oxygen atoms in total. The lowest BCUT2D eigenvalue weighted by Crippen LogP contribution is -1.86. The highest BCUT2D eigenvalue weighted by atomic mass is 32.2. The van der Waals surface area contributed by atoms with E-state index in [9.17, 15) is 4.79 Å². The van der Waals surface area contributed by atoms with E-state index in [1.54, 1.807) is 18.0 Å². The molecule has 0 N–H and O–H groups in total. The van der Waals surface area contributed by atoms with Crippen LogP contribution in [-0.4, -0.2) is 11.3 Å². The van der Waals surface area contributed by atoms with Gasteiger partial charge in [0.15, 0.2) is 0 Å². The van der Waals surface area contributed by atoms with Crippen LogP contribution >= 0.6 is 11.8 Å². The Hall–Kier alpha value is -2.39. The number of nitrogens with zero attached hydrogens (tertiary/aromatic N) is 1. The van der Waals surface area contributed by atoms with Gasteiger partial charge in [0.25, 0.3) is 0 Å². The first-order chi connectivity index (χ1) is 10.4. The Morgan fingerprint density at radius 1 is 0.905 bits per heavy atom. The molecular weight excluding hydrogens is 278 g/mol. The predicted molar refractivity (Wildman–Crippen MR) is 85.6 cm³/mol. The van der Waals surface area contributed by atoms with Gasteiger partial charge in [0, 0.05) is 27.7 Å². The van der Waals surface area contributed by atoms with Crippen molar-refractivity contribution in [3.8, 4) is 11.1 Å². The Bertz CT molecular complexity index is 739. The summed E-state index contributed by atoms with van der Waals surface area (Å²) in [7, 11) is 0. The number of hydrogen-bond acceptors (Lipinski definition) is 3. The minimum Gasteiger partial charge on any atom is -0.298 e. The number of aromatic nitrogens is 1. The lowest BCUT2D eigenvalue weighted by Gasteiger charge is -2.09. The first kappa shape index (κ1) is 13.6. The maximum Gasteiger partial charge on any atom is 0.150 e. The van der Waals surface area contributed by atoms with Crippen LogP contribution in [-0.2, 0) is 0 Å². The minimum atomic E-state index is 0.685. The van der Waals surface area contributed by atoms with Crippen LogP contribution < -0.4 is 0 Å². The Kier molecular flexibility index (Phi) is 4.12. The molecule has 0 spiro atoms. The van der Waals surface area contributed by atoms with Gasteiger partial charge in [0.1, 0.15) is 6.29 Å². The van der Waals surface area contributed by atoms with Gasteiger partial charge < -0.3 is 0 Å². The zero-order valence-corrected chi connectivity index (χ0v) is 12.1. The fraction of sp³-hybridized carbons (Fsp3) is 0. The molecule has 1 aromatic heterocycles. The molecule has 1 heterocycles. The minimum absolute atomic E-state index is 0.685. The summed E-state index contributed by atoms with van der Waals surface area (Å²) in [4.78, 5) is 17.2. The van der Waals surface area contributed by atoms with Crippen LogP contribution in [0.4, 0.5) is 0 Å². The van der Waals surface area contributed by atoms with Gasteiger partial charge >= 0.3 is 0 Å². The molecule has 0 atom stereocenters. The van der Waals surface area contributed by atoms with Crippen molar-refractivity contribution in [2.24, 2.45) is 0 Å². The Morgan fingerprint density at radius 3 is 2.38 bits per heavy atom. The molecule has 3 heteroatoms. The van der Waals surface area contributed by atoms with E-state index in [1.165, 1.54) is 4.90 Å². The number of benzene rings is 2. The zero-order chi connectivity index (χ0) is 14.5. The second-order valence-corrected chi connectivity index (χ2v) is 5.64. The molecule has 3 aromatic rings. The third kappa shape index (κ3) is 3.20. The normalized spacial score (nSPS) is 10.3. The summed E-state index contributed by atoms with van der Waals surface area (Å²) in [5, 5.41) is 0. The van der Waals surface area contributed by atoms with Crippen LogP contribution in [0.25, 0.3) is 11.1 Å². The highest BCUT2D eigenvalue weighted by Gasteiger charge is 2.07. The van der Waals surface area contributed by atoms with E-state index in [0.717, 1.165) is 22.3 Å². The van der Waals surface area contributed by atoms with E-state index in [0.29, 0.717) is 5.56 Å². The van der Waals surface area contributed by atoms with Crippen molar-refractivity contribution < 1.29 is 4.79 Å². The van der Waals surface area contributed by atoms with Gasteiger partial charge in [-0.05, 0) is 29.3 Å². The Morgan fingerprint density at radius 2 is 1.67 bits per heavy atom. The molecule has 2 aromatic carbocycles. The summed E-state index contributed by atoms with van der Waals surface area (Å²) in [6, 6.07) is 19.8. The van der Waals surface area contributed by atoms with E-state index in [2.05, 4.69) is 17.1 Å². The van der Waals surface area contributed by atoms with E-state index in [-0.39, 0.29) is 0 Å². The quantitative estimate of drug-likeness (QED) is 0.652. The van der Waals surface area contributed by atoms with E-state index >= 15 is 0 Å². The van der Waals surface area contributed by atoms with Crippen LogP contribution in [0.5, 0.6) is 0 Å². The summed E-state index contributed by atoms with van der Waals surface area (Å²) < 4.78 is 0. The number of aldehydes is 1. The molecule has 0 bridgehead atoms. The molecule has 21 heavy (non-hydrogen) atoms. The standard InChI is InChI=1S/C18H13NOS/c20-13-14-6-8-15(9-7-14)17-10-11-19-12-18(17)21-16-4-2-1-3-5-16/h1-13H. The van der Waals surface area contributed by atoms with E-state index in [4.69, 9.17) is 0 Å². The van der Waals surface area contributed by atoms with Crippen molar-refractivity contribution in [1.82, 2.24) is 4.98 Å². The van der Waals surface area contributed by atoms with Crippen molar-refractivity contribution in [2.75, 3.05) is 0 Å². The summed E-state index contributed by atoms with van der Waals surface area (Å²) in [6.07, 6.45) is 4.52. The molecule has 0 amide bonds. The molecule has 3 rings (SSSR count). The fourth-order valence-corrected chi connectivity index (χ4v) is 3.01. The van der Waals surface area contributed by atoms with Gasteiger partial charge in [0.2, 0.25) is 0 Å². The van der Waals surface area contributed by atoms with Gasteiger partial charge in [-0.3, -0.25) is 9.78 Å². The zero-order valence-electron chi connectivity index (χ0n) is 11.3. The molecule has 0 aliphatic heterocycles. The van der Waals surface area contributed by atoms with Crippen molar-refractivity contribution in [3.05, 3.63) is 78.6 Å². The molecule has 0 radical (unpaired) electrons. The molecule has 0 fully saturated rings. The van der Waals surface area contributed by atoms with Crippen molar-refractivity contribution in [1.29, 1.82) is 0 Å². The molecule has 0 unspecified atom stereocenters. The van der Waals surface area contributed by atoms with Gasteiger partial charge in [-0.15, -0.1) is 0 Å². The number of carbonyl (C=O) groups excluding carboxylic acids is 1. The number of carbonyl (C=O) groups is 1. The Balaban J connectivity index is 1.97. The Labute approximate surface area is 127 Å². The average molecular weight is 291 g/mol. The largest absolute Gasteiger partial charge is 0.298 e. The molecule has 0 saturated heterocycles. The molecule has 0 aliphatic carbocycles. The predicted octanol–water partition coefficient (Wildman–Crippen LogP) is 4.71. The lowest BCUT2D eigenvalue weighted by atomic mass is 10.1. The van der Waals surface area contributed by atoms with Gasteiger partial charge in [-0.25, -0.2) is 0 Å². The van der Waals surface area contributed by atoms with Gasteiger partial charge in [0.05, 0.1) is 0 Å². The second kappa shape index (κ2) is 6.37. The van der Waals surface area contributed by atoms with E-state index < -0.39 is 0 Å². The second-order valence-electron chi connectivity index (χ2n) is 4.53. The van der Waals surface area contributed by atoms with Gasteiger partial charge in [-0.1, -0.05) is 54.2 Å². The third-order valence-corrected chi connectivity index (χ3v) is 4.17. The fourth-order valence-electron chi connectivity index (χ4n) is 2.06. The highest BCUT2D eigenvalue weighted by molar-refractivity contribution is 7.99. The van der Waals surface area contributed by atoms with Crippen LogP contribution in [0, 0.1) is 0 Å². The summed E-state index contributed by atoms with van der Waals surface area (Å²) >= 11 is 1.69. The molecule has 0 saturated carbocycles. The van der Waals surface area contributed by atoms with E-state index in [1.807, 2.05) is 54.7 Å². The maximum absolute atomic E-state index is 10.7. The number of pyridine rings is 1.